The predicted molar refractivity (Wildman–Crippen MR) is 77.6 cm³/mol. The number of pyridine rings is 1. The van der Waals surface area contributed by atoms with Crippen molar-refractivity contribution in [2.75, 3.05) is 7.05 Å². The number of carboxylic acid groups (broad SMARTS) is 1. The molecule has 0 aromatic carbocycles. The molecule has 2 rings (SSSR count). The van der Waals surface area contributed by atoms with E-state index >= 15 is 0 Å². The fourth-order valence-corrected chi connectivity index (χ4v) is 2.66. The molecule has 0 aliphatic heterocycles. The van der Waals surface area contributed by atoms with Gasteiger partial charge in [-0.25, -0.2) is 4.79 Å². The molecule has 6 nitrogen and oxygen atoms in total. The van der Waals surface area contributed by atoms with Crippen LogP contribution in [-0.2, 0) is 11.3 Å². The zero-order chi connectivity index (χ0) is 15.2. The molecule has 1 aromatic rings. The molecule has 1 saturated carbocycles. The molecule has 0 spiro atoms. The van der Waals surface area contributed by atoms with Crippen molar-refractivity contribution in [3.63, 3.8) is 0 Å². The average molecular weight is 291 g/mol. The quantitative estimate of drug-likeness (QED) is 0.887. The van der Waals surface area contributed by atoms with E-state index in [4.69, 9.17) is 5.11 Å². The Kier molecular flexibility index (Phi) is 5.14. The minimum atomic E-state index is -0.765. The SMILES string of the molecule is CN(Cc1ccncc1)C(=O)NC1CCCC(C(=O)O)C1. The third-order valence-corrected chi connectivity index (χ3v) is 3.87. The number of hydrogen-bond donors (Lipinski definition) is 2. The standard InChI is InChI=1S/C15H21N3O3/c1-18(10-11-5-7-16-8-6-11)15(21)17-13-4-2-3-12(9-13)14(19)20/h5-8,12-13H,2-4,9-10H2,1H3,(H,17,21)(H,19,20). The van der Waals surface area contributed by atoms with Crippen molar-refractivity contribution in [1.82, 2.24) is 15.2 Å². The van der Waals surface area contributed by atoms with Gasteiger partial charge in [0.2, 0.25) is 0 Å². The summed E-state index contributed by atoms with van der Waals surface area (Å²) >= 11 is 0. The topological polar surface area (TPSA) is 82.5 Å². The summed E-state index contributed by atoms with van der Waals surface area (Å²) in [6.07, 6.45) is 6.30. The van der Waals surface area contributed by atoms with E-state index in [2.05, 4.69) is 10.3 Å². The number of urea groups is 1. The second-order valence-electron chi connectivity index (χ2n) is 5.56. The first kappa shape index (κ1) is 15.3. The van der Waals surface area contributed by atoms with E-state index in [1.54, 1.807) is 24.3 Å². The number of hydrogen-bond acceptors (Lipinski definition) is 3. The van der Waals surface area contributed by atoms with Gasteiger partial charge >= 0.3 is 12.0 Å². The van der Waals surface area contributed by atoms with Gasteiger partial charge in [0.15, 0.2) is 0 Å². The normalized spacial score (nSPS) is 21.6. The van der Waals surface area contributed by atoms with Crippen molar-refractivity contribution < 1.29 is 14.7 Å². The number of carboxylic acids is 1. The second kappa shape index (κ2) is 7.06. The van der Waals surface area contributed by atoms with Gasteiger partial charge in [0.05, 0.1) is 5.92 Å². The summed E-state index contributed by atoms with van der Waals surface area (Å²) in [5.41, 5.74) is 1.01. The van der Waals surface area contributed by atoms with Crippen LogP contribution in [0.2, 0.25) is 0 Å². The lowest BCUT2D eigenvalue weighted by Gasteiger charge is -2.29. The Labute approximate surface area is 124 Å². The highest BCUT2D eigenvalue weighted by molar-refractivity contribution is 5.74. The van der Waals surface area contributed by atoms with Gasteiger partial charge in [-0.05, 0) is 37.0 Å². The summed E-state index contributed by atoms with van der Waals surface area (Å²) in [6, 6.07) is 3.52. The lowest BCUT2D eigenvalue weighted by molar-refractivity contribution is -0.143. The predicted octanol–water partition coefficient (Wildman–Crippen LogP) is 1.87. The van der Waals surface area contributed by atoms with Crippen molar-refractivity contribution >= 4 is 12.0 Å². The van der Waals surface area contributed by atoms with Crippen LogP contribution >= 0.6 is 0 Å². The molecule has 0 saturated heterocycles. The van der Waals surface area contributed by atoms with Crippen LogP contribution in [-0.4, -0.2) is 40.1 Å². The van der Waals surface area contributed by atoms with Crippen LogP contribution in [0.5, 0.6) is 0 Å². The molecule has 2 unspecified atom stereocenters. The Hall–Kier alpha value is -2.11. The zero-order valence-electron chi connectivity index (χ0n) is 12.2. The van der Waals surface area contributed by atoms with Crippen molar-refractivity contribution in [1.29, 1.82) is 0 Å². The first-order valence-electron chi connectivity index (χ1n) is 7.19. The van der Waals surface area contributed by atoms with Crippen LogP contribution in [0.3, 0.4) is 0 Å². The lowest BCUT2D eigenvalue weighted by Crippen LogP contribution is -2.45. The maximum Gasteiger partial charge on any atom is 0.317 e. The van der Waals surface area contributed by atoms with Gasteiger partial charge in [-0.1, -0.05) is 6.42 Å². The minimum Gasteiger partial charge on any atom is -0.481 e. The van der Waals surface area contributed by atoms with Crippen LogP contribution in [0.1, 0.15) is 31.2 Å². The van der Waals surface area contributed by atoms with Gasteiger partial charge in [-0.15, -0.1) is 0 Å². The second-order valence-corrected chi connectivity index (χ2v) is 5.56. The number of aliphatic carboxylic acids is 1. The number of amides is 2. The lowest BCUT2D eigenvalue weighted by atomic mass is 9.86. The highest BCUT2D eigenvalue weighted by atomic mass is 16.4. The van der Waals surface area contributed by atoms with Crippen LogP contribution in [0.15, 0.2) is 24.5 Å². The molecule has 2 N–H and O–H groups in total. The molecule has 1 aromatic heterocycles. The third-order valence-electron chi connectivity index (χ3n) is 3.87. The molecule has 6 heteroatoms. The fourth-order valence-electron chi connectivity index (χ4n) is 2.66. The van der Waals surface area contributed by atoms with Gasteiger partial charge in [-0.2, -0.15) is 0 Å². The van der Waals surface area contributed by atoms with Gasteiger partial charge in [0.25, 0.3) is 0 Å². The van der Waals surface area contributed by atoms with Crippen molar-refractivity contribution in [3.05, 3.63) is 30.1 Å². The van der Waals surface area contributed by atoms with E-state index < -0.39 is 5.97 Å². The zero-order valence-corrected chi connectivity index (χ0v) is 12.2. The molecule has 2 amide bonds. The highest BCUT2D eigenvalue weighted by Crippen LogP contribution is 2.24. The van der Waals surface area contributed by atoms with Crippen molar-refractivity contribution in [3.8, 4) is 0 Å². The molecule has 0 radical (unpaired) electrons. The van der Waals surface area contributed by atoms with E-state index in [0.29, 0.717) is 19.4 Å². The molecule has 21 heavy (non-hydrogen) atoms. The van der Waals surface area contributed by atoms with Crippen molar-refractivity contribution in [2.45, 2.75) is 38.3 Å². The molecule has 0 bridgehead atoms. The molecule has 1 fully saturated rings. The number of aromatic nitrogens is 1. The van der Waals surface area contributed by atoms with Crippen LogP contribution < -0.4 is 5.32 Å². The maximum atomic E-state index is 12.1. The smallest absolute Gasteiger partial charge is 0.317 e. The molecule has 1 aliphatic carbocycles. The Morgan fingerprint density at radius 1 is 1.38 bits per heavy atom. The average Bonchev–Trinajstić information content (AvgIpc) is 2.48. The van der Waals surface area contributed by atoms with E-state index in [0.717, 1.165) is 18.4 Å². The Balaban J connectivity index is 1.84. The van der Waals surface area contributed by atoms with Gasteiger partial charge in [0.1, 0.15) is 0 Å². The summed E-state index contributed by atoms with van der Waals surface area (Å²) in [7, 11) is 1.73. The van der Waals surface area contributed by atoms with Crippen molar-refractivity contribution in [2.24, 2.45) is 5.92 Å². The molecule has 114 valence electrons. The monoisotopic (exact) mass is 291 g/mol. The third kappa shape index (κ3) is 4.44. The van der Waals surface area contributed by atoms with Gasteiger partial charge in [0, 0.05) is 32.0 Å². The maximum absolute atomic E-state index is 12.1. The first-order chi connectivity index (χ1) is 10.1. The van der Waals surface area contributed by atoms with Crippen LogP contribution in [0.4, 0.5) is 4.79 Å². The Bertz CT molecular complexity index is 492. The molecular weight excluding hydrogens is 270 g/mol. The summed E-state index contributed by atoms with van der Waals surface area (Å²) in [4.78, 5) is 28.7. The molecule has 2 atom stereocenters. The first-order valence-corrected chi connectivity index (χ1v) is 7.19. The van der Waals surface area contributed by atoms with E-state index in [-0.39, 0.29) is 18.0 Å². The fraction of sp³-hybridized carbons (Fsp3) is 0.533. The van der Waals surface area contributed by atoms with E-state index in [1.165, 1.54) is 0 Å². The molecule has 1 heterocycles. The highest BCUT2D eigenvalue weighted by Gasteiger charge is 2.28. The summed E-state index contributed by atoms with van der Waals surface area (Å²) < 4.78 is 0. The van der Waals surface area contributed by atoms with Gasteiger partial charge in [-0.3, -0.25) is 9.78 Å². The number of nitrogens with one attached hydrogen (secondary N) is 1. The van der Waals surface area contributed by atoms with E-state index in [1.807, 2.05) is 12.1 Å². The Morgan fingerprint density at radius 3 is 2.76 bits per heavy atom. The molecule has 1 aliphatic rings. The molecular formula is C15H21N3O3. The number of carbonyl (C=O) groups excluding carboxylic acids is 1. The largest absolute Gasteiger partial charge is 0.481 e. The number of carbonyl (C=O) groups is 2. The summed E-state index contributed by atoms with van der Waals surface area (Å²) in [5, 5.41) is 12.0. The van der Waals surface area contributed by atoms with Crippen LogP contribution in [0.25, 0.3) is 0 Å². The Morgan fingerprint density at radius 2 is 2.10 bits per heavy atom. The minimum absolute atomic E-state index is 0.0489. The van der Waals surface area contributed by atoms with E-state index in [9.17, 15) is 9.59 Å². The summed E-state index contributed by atoms with van der Waals surface area (Å²) in [5.74, 6) is -1.10. The summed E-state index contributed by atoms with van der Waals surface area (Å²) in [6.45, 7) is 0.503. The van der Waals surface area contributed by atoms with Gasteiger partial charge < -0.3 is 15.3 Å². The number of nitrogens with zero attached hydrogens (tertiary/aromatic N) is 2. The number of rotatable bonds is 4. The van der Waals surface area contributed by atoms with Crippen LogP contribution in [0, 0.1) is 5.92 Å².